The van der Waals surface area contributed by atoms with Gasteiger partial charge in [0.2, 0.25) is 5.91 Å². The number of benzene rings is 1. The summed E-state index contributed by atoms with van der Waals surface area (Å²) in [5.74, 6) is -0.194. The largest absolute Gasteiger partial charge is 0.508 e. The van der Waals surface area contributed by atoms with Crippen LogP contribution in [0, 0.1) is 6.92 Å². The van der Waals surface area contributed by atoms with Crippen LogP contribution < -0.4 is 10.5 Å². The van der Waals surface area contributed by atoms with E-state index in [2.05, 4.69) is 6.07 Å². The van der Waals surface area contributed by atoms with Crippen molar-refractivity contribution in [3.05, 3.63) is 58.0 Å². The molecule has 1 N–H and O–H groups in total. The van der Waals surface area contributed by atoms with Crippen LogP contribution in [0.25, 0.3) is 0 Å². The summed E-state index contributed by atoms with van der Waals surface area (Å²) in [5, 5.41) is 9.54. The van der Waals surface area contributed by atoms with Crippen LogP contribution in [-0.4, -0.2) is 35.3 Å². The number of hydrogen-bond donors (Lipinski definition) is 1. The van der Waals surface area contributed by atoms with Gasteiger partial charge < -0.3 is 19.3 Å². The van der Waals surface area contributed by atoms with Crippen molar-refractivity contribution >= 4 is 11.6 Å². The first-order chi connectivity index (χ1) is 12.5. The Bertz CT molecular complexity index is 912. The number of para-hydroxylation sites is 1. The monoisotopic (exact) mass is 354 g/mol. The second-order valence-electron chi connectivity index (χ2n) is 7.17. The number of nitrogens with zero attached hydrogens (tertiary/aromatic N) is 2. The minimum absolute atomic E-state index is 0.0359. The van der Waals surface area contributed by atoms with E-state index in [1.165, 1.54) is 16.2 Å². The number of carbonyl (C=O) groups excluding carboxylic acids is 1. The van der Waals surface area contributed by atoms with Crippen molar-refractivity contribution in [2.45, 2.75) is 31.7 Å². The summed E-state index contributed by atoms with van der Waals surface area (Å²) in [6.45, 7) is 3.71. The normalized spacial score (nSPS) is 18.1. The molecular weight excluding hydrogens is 332 g/mol. The van der Waals surface area contributed by atoms with Crippen molar-refractivity contribution in [2.75, 3.05) is 24.7 Å². The van der Waals surface area contributed by atoms with Crippen molar-refractivity contribution in [1.29, 1.82) is 0 Å². The van der Waals surface area contributed by atoms with Gasteiger partial charge in [-0.1, -0.05) is 18.2 Å². The van der Waals surface area contributed by atoms with Gasteiger partial charge in [0.25, 0.3) is 5.56 Å². The molecule has 1 aromatic heterocycles. The molecule has 1 saturated heterocycles. The number of aromatic nitrogens is 1. The summed E-state index contributed by atoms with van der Waals surface area (Å²) in [6, 6.07) is 10.7. The lowest BCUT2D eigenvalue weighted by Crippen LogP contribution is -2.42. The van der Waals surface area contributed by atoms with Crippen LogP contribution in [0.15, 0.2) is 41.2 Å². The predicted octanol–water partition coefficient (Wildman–Crippen LogP) is 1.96. The van der Waals surface area contributed by atoms with Gasteiger partial charge in [-0.05, 0) is 37.5 Å². The molecule has 0 radical (unpaired) electrons. The first-order valence-corrected chi connectivity index (χ1v) is 8.88. The molecule has 4 rings (SSSR count). The highest BCUT2D eigenvalue weighted by Crippen LogP contribution is 2.46. The van der Waals surface area contributed by atoms with Crippen molar-refractivity contribution in [3.63, 3.8) is 0 Å². The summed E-state index contributed by atoms with van der Waals surface area (Å²) in [6.07, 6.45) is 1.79. The molecule has 0 atom stereocenters. The van der Waals surface area contributed by atoms with Gasteiger partial charge >= 0.3 is 0 Å². The third-order valence-corrected chi connectivity index (χ3v) is 5.59. The third kappa shape index (κ3) is 2.70. The number of pyridine rings is 1. The predicted molar refractivity (Wildman–Crippen MR) is 97.6 cm³/mol. The maximum Gasteiger partial charge on any atom is 0.254 e. The first-order valence-electron chi connectivity index (χ1n) is 8.88. The summed E-state index contributed by atoms with van der Waals surface area (Å²) in [5.41, 5.74) is 2.27. The molecule has 26 heavy (non-hydrogen) atoms. The lowest BCUT2D eigenvalue weighted by atomic mass is 9.76. The van der Waals surface area contributed by atoms with Crippen LogP contribution in [0.2, 0.25) is 0 Å². The zero-order valence-corrected chi connectivity index (χ0v) is 14.8. The SMILES string of the molecule is Cc1cc(O)cc(=O)n1CC(=O)N1CC2(CCOCC2)c2ccccc21. The number of carbonyl (C=O) groups is 1. The van der Waals surface area contributed by atoms with E-state index in [0.717, 1.165) is 24.6 Å². The Morgan fingerprint density at radius 3 is 2.69 bits per heavy atom. The number of rotatable bonds is 2. The molecule has 0 aliphatic carbocycles. The van der Waals surface area contributed by atoms with Crippen LogP contribution in [0.5, 0.6) is 5.75 Å². The lowest BCUT2D eigenvalue weighted by molar-refractivity contribution is -0.119. The summed E-state index contributed by atoms with van der Waals surface area (Å²) >= 11 is 0. The molecule has 6 nitrogen and oxygen atoms in total. The van der Waals surface area contributed by atoms with E-state index in [1.807, 2.05) is 18.2 Å². The molecule has 2 aliphatic heterocycles. The quantitative estimate of drug-likeness (QED) is 0.895. The van der Waals surface area contributed by atoms with E-state index in [0.29, 0.717) is 25.5 Å². The van der Waals surface area contributed by atoms with Gasteiger partial charge in [-0.2, -0.15) is 0 Å². The number of aryl methyl sites for hydroxylation is 1. The highest BCUT2D eigenvalue weighted by molar-refractivity contribution is 5.96. The lowest BCUT2D eigenvalue weighted by Gasteiger charge is -2.34. The molecule has 1 aromatic carbocycles. The number of anilines is 1. The van der Waals surface area contributed by atoms with Gasteiger partial charge in [-0.15, -0.1) is 0 Å². The molecule has 1 amide bonds. The van der Waals surface area contributed by atoms with Gasteiger partial charge in [0, 0.05) is 42.6 Å². The maximum absolute atomic E-state index is 13.1. The molecule has 2 aromatic rings. The fraction of sp³-hybridized carbons (Fsp3) is 0.400. The average molecular weight is 354 g/mol. The minimum Gasteiger partial charge on any atom is -0.508 e. The topological polar surface area (TPSA) is 71.8 Å². The smallest absolute Gasteiger partial charge is 0.254 e. The van der Waals surface area contributed by atoms with Crippen molar-refractivity contribution in [3.8, 4) is 5.75 Å². The first kappa shape index (κ1) is 16.8. The van der Waals surface area contributed by atoms with E-state index in [-0.39, 0.29) is 29.2 Å². The summed E-state index contributed by atoms with van der Waals surface area (Å²) in [7, 11) is 0. The van der Waals surface area contributed by atoms with E-state index >= 15 is 0 Å². The zero-order chi connectivity index (χ0) is 18.3. The molecule has 1 spiro atoms. The van der Waals surface area contributed by atoms with Gasteiger partial charge in [0.05, 0.1) is 0 Å². The second kappa shape index (κ2) is 6.29. The van der Waals surface area contributed by atoms with Gasteiger partial charge in [-0.25, -0.2) is 0 Å². The summed E-state index contributed by atoms with van der Waals surface area (Å²) in [4.78, 5) is 27.0. The minimum atomic E-state index is -0.371. The van der Waals surface area contributed by atoms with Crippen molar-refractivity contribution < 1.29 is 14.6 Å². The van der Waals surface area contributed by atoms with E-state index < -0.39 is 0 Å². The number of aromatic hydroxyl groups is 1. The van der Waals surface area contributed by atoms with E-state index in [4.69, 9.17) is 4.74 Å². The maximum atomic E-state index is 13.1. The fourth-order valence-electron chi connectivity index (χ4n) is 4.18. The van der Waals surface area contributed by atoms with Gasteiger partial charge in [-0.3, -0.25) is 9.59 Å². The molecule has 0 saturated carbocycles. The number of fused-ring (bicyclic) bond motifs is 2. The third-order valence-electron chi connectivity index (χ3n) is 5.59. The van der Waals surface area contributed by atoms with Crippen LogP contribution in [0.3, 0.4) is 0 Å². The Labute approximate surface area is 151 Å². The summed E-state index contributed by atoms with van der Waals surface area (Å²) < 4.78 is 6.94. The molecular formula is C20H22N2O4. The average Bonchev–Trinajstić information content (AvgIpc) is 2.93. The van der Waals surface area contributed by atoms with Crippen LogP contribution in [0.1, 0.15) is 24.1 Å². The van der Waals surface area contributed by atoms with E-state index in [1.54, 1.807) is 11.8 Å². The second-order valence-corrected chi connectivity index (χ2v) is 7.17. The van der Waals surface area contributed by atoms with Crippen LogP contribution in [0.4, 0.5) is 5.69 Å². The van der Waals surface area contributed by atoms with Crippen molar-refractivity contribution in [2.24, 2.45) is 0 Å². The molecule has 0 bridgehead atoms. The Morgan fingerprint density at radius 1 is 1.23 bits per heavy atom. The Hall–Kier alpha value is -2.60. The number of ether oxygens (including phenoxy) is 1. The van der Waals surface area contributed by atoms with Crippen molar-refractivity contribution in [1.82, 2.24) is 4.57 Å². The van der Waals surface area contributed by atoms with Gasteiger partial charge in [0.15, 0.2) is 0 Å². The van der Waals surface area contributed by atoms with Crippen LogP contribution >= 0.6 is 0 Å². The highest BCUT2D eigenvalue weighted by Gasteiger charge is 2.45. The molecule has 1 fully saturated rings. The Morgan fingerprint density at radius 2 is 1.96 bits per heavy atom. The van der Waals surface area contributed by atoms with Gasteiger partial charge in [0.1, 0.15) is 12.3 Å². The zero-order valence-electron chi connectivity index (χ0n) is 14.8. The molecule has 6 heteroatoms. The Kier molecular flexibility index (Phi) is 4.07. The molecule has 136 valence electrons. The standard InChI is InChI=1S/C20H22N2O4/c1-14-10-15(23)11-18(24)21(14)12-19(25)22-13-20(6-8-26-9-7-20)16-4-2-3-5-17(16)22/h2-5,10-11,23H,6-9,12-13H2,1H3. The molecule has 0 unspecified atom stereocenters. The van der Waals surface area contributed by atoms with Crippen LogP contribution in [-0.2, 0) is 21.5 Å². The fourth-order valence-corrected chi connectivity index (χ4v) is 4.18. The van der Waals surface area contributed by atoms with E-state index in [9.17, 15) is 14.7 Å². The number of hydrogen-bond acceptors (Lipinski definition) is 4. The molecule has 2 aliphatic rings. The highest BCUT2D eigenvalue weighted by atomic mass is 16.5. The number of amides is 1. The Balaban J connectivity index is 1.66. The molecule has 3 heterocycles.